The van der Waals surface area contributed by atoms with E-state index < -0.39 is 0 Å². The molecule has 1 aromatic carbocycles. The SMILES string of the molecule is CC(C)(C)c1ccc(C(=S)NN)cc1. The van der Waals surface area contributed by atoms with E-state index in [-0.39, 0.29) is 5.41 Å². The van der Waals surface area contributed by atoms with Gasteiger partial charge in [0.05, 0.1) is 0 Å². The second kappa shape index (κ2) is 4.07. The third-order valence-electron chi connectivity index (χ3n) is 2.14. The standard InChI is InChI=1S/C11H16N2S/c1-11(2,3)9-6-4-8(5-7-9)10(14)13-12/h4-7H,12H2,1-3H3,(H,13,14). The Hall–Kier alpha value is -0.930. The van der Waals surface area contributed by atoms with Gasteiger partial charge in [-0.05, 0) is 11.0 Å². The molecule has 3 N–H and O–H groups in total. The maximum atomic E-state index is 5.24. The molecule has 0 atom stereocenters. The topological polar surface area (TPSA) is 38.0 Å². The minimum atomic E-state index is 0.177. The molecule has 0 saturated carbocycles. The van der Waals surface area contributed by atoms with Gasteiger partial charge in [-0.25, -0.2) is 5.84 Å². The van der Waals surface area contributed by atoms with Crippen LogP contribution in [-0.2, 0) is 5.41 Å². The lowest BCUT2D eigenvalue weighted by atomic mass is 9.87. The summed E-state index contributed by atoms with van der Waals surface area (Å²) in [5.41, 5.74) is 4.89. The van der Waals surface area contributed by atoms with E-state index in [1.807, 2.05) is 12.1 Å². The van der Waals surface area contributed by atoms with Gasteiger partial charge in [0, 0.05) is 5.56 Å². The number of hydrogen-bond acceptors (Lipinski definition) is 2. The van der Waals surface area contributed by atoms with Gasteiger partial charge >= 0.3 is 0 Å². The summed E-state index contributed by atoms with van der Waals surface area (Å²) in [5, 5.41) is 0. The first kappa shape index (κ1) is 11.1. The lowest BCUT2D eigenvalue weighted by Crippen LogP contribution is -2.29. The molecular weight excluding hydrogens is 192 g/mol. The van der Waals surface area contributed by atoms with E-state index >= 15 is 0 Å². The highest BCUT2D eigenvalue weighted by atomic mass is 32.1. The molecule has 0 bridgehead atoms. The Bertz CT molecular complexity index is 322. The van der Waals surface area contributed by atoms with Gasteiger partial charge in [-0.3, -0.25) is 0 Å². The molecule has 0 radical (unpaired) electrons. The Morgan fingerprint density at radius 3 is 2.07 bits per heavy atom. The Morgan fingerprint density at radius 2 is 1.71 bits per heavy atom. The summed E-state index contributed by atoms with van der Waals surface area (Å²) in [6.07, 6.45) is 0. The van der Waals surface area contributed by atoms with Crippen LogP contribution in [0.4, 0.5) is 0 Å². The summed E-state index contributed by atoms with van der Waals surface area (Å²) >= 11 is 5.02. The van der Waals surface area contributed by atoms with E-state index in [4.69, 9.17) is 18.1 Å². The number of rotatable bonds is 1. The predicted octanol–water partition coefficient (Wildman–Crippen LogP) is 2.12. The lowest BCUT2D eigenvalue weighted by molar-refractivity contribution is 0.590. The van der Waals surface area contributed by atoms with Crippen molar-refractivity contribution >= 4 is 17.2 Å². The highest BCUT2D eigenvalue weighted by Gasteiger charge is 2.13. The first-order valence-corrected chi connectivity index (χ1v) is 4.97. The van der Waals surface area contributed by atoms with Crippen molar-refractivity contribution in [1.82, 2.24) is 5.43 Å². The molecule has 3 heteroatoms. The number of benzene rings is 1. The van der Waals surface area contributed by atoms with Crippen molar-refractivity contribution in [1.29, 1.82) is 0 Å². The second-order valence-corrected chi connectivity index (χ2v) is 4.71. The van der Waals surface area contributed by atoms with Crippen molar-refractivity contribution in [2.45, 2.75) is 26.2 Å². The summed E-state index contributed by atoms with van der Waals surface area (Å²) < 4.78 is 0. The van der Waals surface area contributed by atoms with Gasteiger partial charge in [-0.15, -0.1) is 0 Å². The van der Waals surface area contributed by atoms with Gasteiger partial charge in [0.25, 0.3) is 0 Å². The van der Waals surface area contributed by atoms with Gasteiger partial charge < -0.3 is 5.43 Å². The zero-order valence-corrected chi connectivity index (χ0v) is 9.61. The zero-order valence-electron chi connectivity index (χ0n) is 8.79. The average molecular weight is 208 g/mol. The van der Waals surface area contributed by atoms with Crippen molar-refractivity contribution in [3.63, 3.8) is 0 Å². The first-order chi connectivity index (χ1) is 6.45. The van der Waals surface area contributed by atoms with E-state index in [1.165, 1.54) is 5.56 Å². The van der Waals surface area contributed by atoms with E-state index in [2.05, 4.69) is 38.3 Å². The molecule has 0 aliphatic carbocycles. The largest absolute Gasteiger partial charge is 0.314 e. The molecule has 0 saturated heterocycles. The van der Waals surface area contributed by atoms with Crippen LogP contribution >= 0.6 is 12.2 Å². The summed E-state index contributed by atoms with van der Waals surface area (Å²) in [4.78, 5) is 0.574. The van der Waals surface area contributed by atoms with Crippen LogP contribution in [0.15, 0.2) is 24.3 Å². The van der Waals surface area contributed by atoms with Gasteiger partial charge in [0.1, 0.15) is 4.99 Å². The summed E-state index contributed by atoms with van der Waals surface area (Å²) in [6, 6.07) is 8.14. The normalized spacial score (nSPS) is 11.1. The van der Waals surface area contributed by atoms with Gasteiger partial charge in [0.15, 0.2) is 0 Å². The van der Waals surface area contributed by atoms with Crippen LogP contribution in [-0.4, -0.2) is 4.99 Å². The Balaban J connectivity index is 2.95. The van der Waals surface area contributed by atoms with E-state index in [0.29, 0.717) is 4.99 Å². The number of hydrazine groups is 1. The Morgan fingerprint density at radius 1 is 1.21 bits per heavy atom. The van der Waals surface area contributed by atoms with Crippen LogP contribution in [0.3, 0.4) is 0 Å². The molecule has 0 fully saturated rings. The minimum absolute atomic E-state index is 0.177. The zero-order chi connectivity index (χ0) is 10.8. The molecule has 0 aliphatic heterocycles. The smallest absolute Gasteiger partial charge is 0.120 e. The van der Waals surface area contributed by atoms with E-state index in [1.54, 1.807) is 0 Å². The van der Waals surface area contributed by atoms with Crippen LogP contribution in [0.25, 0.3) is 0 Å². The minimum Gasteiger partial charge on any atom is -0.314 e. The fraction of sp³-hybridized carbons (Fsp3) is 0.364. The third kappa shape index (κ3) is 2.53. The predicted molar refractivity (Wildman–Crippen MR) is 64.2 cm³/mol. The van der Waals surface area contributed by atoms with Crippen molar-refractivity contribution in [2.75, 3.05) is 0 Å². The van der Waals surface area contributed by atoms with Crippen molar-refractivity contribution < 1.29 is 0 Å². The first-order valence-electron chi connectivity index (χ1n) is 4.56. The molecule has 14 heavy (non-hydrogen) atoms. The number of hydrogen-bond donors (Lipinski definition) is 2. The molecule has 0 unspecified atom stereocenters. The van der Waals surface area contributed by atoms with Gasteiger partial charge in [-0.2, -0.15) is 0 Å². The van der Waals surface area contributed by atoms with Crippen LogP contribution in [0.5, 0.6) is 0 Å². The van der Waals surface area contributed by atoms with Gasteiger partial charge in [0.2, 0.25) is 0 Å². The summed E-state index contributed by atoms with van der Waals surface area (Å²) in [6.45, 7) is 6.55. The monoisotopic (exact) mass is 208 g/mol. The molecule has 0 amide bonds. The summed E-state index contributed by atoms with van der Waals surface area (Å²) in [5.74, 6) is 5.24. The van der Waals surface area contributed by atoms with Gasteiger partial charge in [-0.1, -0.05) is 57.3 Å². The number of thiocarbonyl (C=S) groups is 1. The van der Waals surface area contributed by atoms with E-state index in [9.17, 15) is 0 Å². The Kier molecular flexibility index (Phi) is 3.24. The highest BCUT2D eigenvalue weighted by Crippen LogP contribution is 2.22. The molecule has 2 nitrogen and oxygen atoms in total. The highest BCUT2D eigenvalue weighted by molar-refractivity contribution is 7.80. The maximum absolute atomic E-state index is 5.24. The van der Waals surface area contributed by atoms with Crippen LogP contribution < -0.4 is 11.3 Å². The van der Waals surface area contributed by atoms with Crippen LogP contribution in [0.1, 0.15) is 31.9 Å². The molecule has 0 aliphatic rings. The fourth-order valence-electron chi connectivity index (χ4n) is 1.20. The fourth-order valence-corrected chi connectivity index (χ4v) is 1.34. The molecule has 1 rings (SSSR count). The maximum Gasteiger partial charge on any atom is 0.120 e. The molecule has 0 heterocycles. The lowest BCUT2D eigenvalue weighted by Gasteiger charge is -2.19. The quantitative estimate of drug-likeness (QED) is 0.422. The van der Waals surface area contributed by atoms with Crippen LogP contribution in [0.2, 0.25) is 0 Å². The molecule has 0 spiro atoms. The number of nitrogens with two attached hydrogens (primary N) is 1. The van der Waals surface area contributed by atoms with Crippen molar-refractivity contribution in [2.24, 2.45) is 5.84 Å². The molecule has 76 valence electrons. The van der Waals surface area contributed by atoms with Crippen molar-refractivity contribution in [3.8, 4) is 0 Å². The average Bonchev–Trinajstić information content (AvgIpc) is 2.15. The molecule has 1 aromatic rings. The second-order valence-electron chi connectivity index (χ2n) is 4.30. The third-order valence-corrected chi connectivity index (χ3v) is 2.50. The van der Waals surface area contributed by atoms with Crippen LogP contribution in [0, 0.1) is 0 Å². The molecule has 0 aromatic heterocycles. The van der Waals surface area contributed by atoms with E-state index in [0.717, 1.165) is 5.56 Å². The Labute approximate surface area is 90.5 Å². The molecular formula is C11H16N2S. The van der Waals surface area contributed by atoms with Crippen molar-refractivity contribution in [3.05, 3.63) is 35.4 Å². The number of nitrogens with one attached hydrogen (secondary N) is 1. The summed E-state index contributed by atoms with van der Waals surface area (Å²) in [7, 11) is 0.